The zero-order valence-corrected chi connectivity index (χ0v) is 16.6. The number of carbonyl (C=O) groups excluding carboxylic acids is 1. The van der Waals surface area contributed by atoms with Crippen molar-refractivity contribution in [3.63, 3.8) is 0 Å². The first kappa shape index (κ1) is 20.6. The van der Waals surface area contributed by atoms with Crippen LogP contribution in [-0.2, 0) is 20.2 Å². The molecule has 6 heteroatoms. The average Bonchev–Trinajstić information content (AvgIpc) is 2.42. The van der Waals surface area contributed by atoms with E-state index < -0.39 is 10.0 Å². The number of nitrogens with zero attached hydrogens (tertiary/aromatic N) is 1. The molecule has 24 heavy (non-hydrogen) atoms. The summed E-state index contributed by atoms with van der Waals surface area (Å²) in [5, 5.41) is 2.95. The molecule has 1 aromatic carbocycles. The van der Waals surface area contributed by atoms with Gasteiger partial charge in [0, 0.05) is 7.05 Å². The third-order valence-electron chi connectivity index (χ3n) is 4.05. The molecular formula is C18H30N2O3S. The van der Waals surface area contributed by atoms with Crippen molar-refractivity contribution in [2.75, 3.05) is 19.8 Å². The molecule has 5 nitrogen and oxygen atoms in total. The minimum absolute atomic E-state index is 0.0767. The Hall–Kier alpha value is -1.40. The molecule has 1 atom stereocenters. The van der Waals surface area contributed by atoms with Crippen molar-refractivity contribution in [2.24, 2.45) is 5.92 Å². The van der Waals surface area contributed by atoms with Crippen LogP contribution in [0.1, 0.15) is 51.8 Å². The minimum atomic E-state index is -3.37. The molecule has 0 saturated carbocycles. The van der Waals surface area contributed by atoms with Gasteiger partial charge >= 0.3 is 0 Å². The topological polar surface area (TPSA) is 66.5 Å². The summed E-state index contributed by atoms with van der Waals surface area (Å²) in [6.45, 7) is 10.4. The molecule has 0 radical (unpaired) electrons. The van der Waals surface area contributed by atoms with E-state index in [9.17, 15) is 13.2 Å². The summed E-state index contributed by atoms with van der Waals surface area (Å²) in [6, 6.07) is 8.08. The number of carbonyl (C=O) groups is 1. The van der Waals surface area contributed by atoms with Crippen LogP contribution < -0.4 is 5.32 Å². The highest BCUT2D eigenvalue weighted by Gasteiger charge is 2.22. The van der Waals surface area contributed by atoms with Crippen LogP contribution in [0.15, 0.2) is 24.3 Å². The van der Waals surface area contributed by atoms with E-state index in [1.165, 1.54) is 12.6 Å². The van der Waals surface area contributed by atoms with Crippen molar-refractivity contribution >= 4 is 15.9 Å². The number of nitrogens with one attached hydrogen (secondary N) is 1. The van der Waals surface area contributed by atoms with E-state index in [1.807, 2.05) is 26.0 Å². The monoisotopic (exact) mass is 354 g/mol. The second kappa shape index (κ2) is 7.66. The number of hydrogen-bond donors (Lipinski definition) is 1. The van der Waals surface area contributed by atoms with E-state index in [-0.39, 0.29) is 29.8 Å². The van der Waals surface area contributed by atoms with Gasteiger partial charge in [-0.2, -0.15) is 4.31 Å². The molecule has 1 amide bonds. The van der Waals surface area contributed by atoms with E-state index in [1.54, 1.807) is 0 Å². The van der Waals surface area contributed by atoms with Crippen molar-refractivity contribution in [2.45, 2.75) is 46.1 Å². The average molecular weight is 355 g/mol. The fraction of sp³-hybridized carbons (Fsp3) is 0.611. The first-order chi connectivity index (χ1) is 10.8. The van der Waals surface area contributed by atoms with Crippen LogP contribution in [0.2, 0.25) is 0 Å². The lowest BCUT2D eigenvalue weighted by Gasteiger charge is -2.25. The molecule has 136 valence electrons. The Labute approximate surface area is 146 Å². The Morgan fingerprint density at radius 1 is 1.17 bits per heavy atom. The molecule has 0 aliphatic rings. The Balaban J connectivity index is 2.90. The SMILES string of the molecule is CC(C)C(NC(=O)CN(C)S(C)(=O)=O)c1ccc(C(C)(C)C)cc1. The Morgan fingerprint density at radius 3 is 2.04 bits per heavy atom. The molecule has 1 N–H and O–H groups in total. The molecule has 0 aliphatic carbocycles. The van der Waals surface area contributed by atoms with E-state index in [0.717, 1.165) is 16.1 Å². The van der Waals surface area contributed by atoms with Gasteiger partial charge in [0.25, 0.3) is 0 Å². The van der Waals surface area contributed by atoms with E-state index in [0.29, 0.717) is 0 Å². The molecule has 0 fully saturated rings. The largest absolute Gasteiger partial charge is 0.348 e. The van der Waals surface area contributed by atoms with Crippen LogP contribution in [0.3, 0.4) is 0 Å². The van der Waals surface area contributed by atoms with Crippen molar-refractivity contribution in [1.82, 2.24) is 9.62 Å². The van der Waals surface area contributed by atoms with Gasteiger partial charge in [-0.25, -0.2) is 8.42 Å². The van der Waals surface area contributed by atoms with Gasteiger partial charge < -0.3 is 5.32 Å². The van der Waals surface area contributed by atoms with Crippen LogP contribution in [0, 0.1) is 5.92 Å². The lowest BCUT2D eigenvalue weighted by Crippen LogP contribution is -2.40. The Kier molecular flexibility index (Phi) is 6.59. The van der Waals surface area contributed by atoms with Crippen LogP contribution in [-0.4, -0.2) is 38.5 Å². The maximum atomic E-state index is 12.2. The number of likely N-dealkylation sites (N-methyl/N-ethyl adjacent to an activating group) is 1. The van der Waals surface area contributed by atoms with E-state index >= 15 is 0 Å². The second-order valence-corrected chi connectivity index (χ2v) is 9.77. The van der Waals surface area contributed by atoms with Gasteiger partial charge in [-0.1, -0.05) is 58.9 Å². The molecule has 0 aliphatic heterocycles. The Morgan fingerprint density at radius 2 is 1.67 bits per heavy atom. The predicted molar refractivity (Wildman–Crippen MR) is 98.3 cm³/mol. The molecule has 1 unspecified atom stereocenters. The molecule has 1 aromatic rings. The van der Waals surface area contributed by atoms with Crippen molar-refractivity contribution < 1.29 is 13.2 Å². The number of hydrogen-bond acceptors (Lipinski definition) is 3. The summed E-state index contributed by atoms with van der Waals surface area (Å²) < 4.78 is 23.9. The summed E-state index contributed by atoms with van der Waals surface area (Å²) in [5.41, 5.74) is 2.33. The number of benzene rings is 1. The van der Waals surface area contributed by atoms with Gasteiger partial charge in [0.05, 0.1) is 18.8 Å². The third-order valence-corrected chi connectivity index (χ3v) is 5.31. The third kappa shape index (κ3) is 5.91. The zero-order valence-electron chi connectivity index (χ0n) is 15.8. The van der Waals surface area contributed by atoms with Crippen LogP contribution in [0.4, 0.5) is 0 Å². The second-order valence-electron chi connectivity index (χ2n) is 7.68. The number of sulfonamides is 1. The van der Waals surface area contributed by atoms with Gasteiger partial charge in [0.15, 0.2) is 0 Å². The molecule has 0 heterocycles. The predicted octanol–water partition coefficient (Wildman–Crippen LogP) is 2.69. The zero-order chi connectivity index (χ0) is 18.7. The molecular weight excluding hydrogens is 324 g/mol. The van der Waals surface area contributed by atoms with E-state index in [2.05, 4.69) is 38.2 Å². The van der Waals surface area contributed by atoms with Gasteiger partial charge in [-0.3, -0.25) is 4.79 Å². The maximum Gasteiger partial charge on any atom is 0.235 e. The molecule has 0 saturated heterocycles. The first-order valence-corrected chi connectivity index (χ1v) is 9.98. The maximum absolute atomic E-state index is 12.2. The quantitative estimate of drug-likeness (QED) is 0.854. The highest BCUT2D eigenvalue weighted by atomic mass is 32.2. The van der Waals surface area contributed by atoms with Crippen molar-refractivity contribution in [3.8, 4) is 0 Å². The smallest absolute Gasteiger partial charge is 0.235 e. The normalized spacial score (nSPS) is 14.0. The summed E-state index contributed by atoms with van der Waals surface area (Å²) in [6.07, 6.45) is 1.09. The highest BCUT2D eigenvalue weighted by Crippen LogP contribution is 2.26. The first-order valence-electron chi connectivity index (χ1n) is 8.13. The van der Waals surface area contributed by atoms with Gasteiger partial charge in [-0.15, -0.1) is 0 Å². The number of rotatable bonds is 6. The summed E-state index contributed by atoms with van der Waals surface area (Å²) in [5.74, 6) is -0.112. The van der Waals surface area contributed by atoms with Gasteiger partial charge in [-0.05, 0) is 22.5 Å². The van der Waals surface area contributed by atoms with Crippen LogP contribution in [0.25, 0.3) is 0 Å². The molecule has 0 bridgehead atoms. The van der Waals surface area contributed by atoms with Crippen LogP contribution >= 0.6 is 0 Å². The molecule has 0 spiro atoms. The standard InChI is InChI=1S/C18H30N2O3S/c1-13(2)17(19-16(21)12-20(6)24(7,22)23)14-8-10-15(11-9-14)18(3,4)5/h8-11,13,17H,12H2,1-7H3,(H,19,21). The lowest BCUT2D eigenvalue weighted by molar-refractivity contribution is -0.122. The number of amides is 1. The summed E-state index contributed by atoms with van der Waals surface area (Å²) in [4.78, 5) is 12.2. The Bertz CT molecular complexity index is 658. The highest BCUT2D eigenvalue weighted by molar-refractivity contribution is 7.88. The fourth-order valence-corrected chi connectivity index (χ4v) is 2.72. The van der Waals surface area contributed by atoms with Crippen molar-refractivity contribution in [1.29, 1.82) is 0 Å². The fourth-order valence-electron chi connectivity index (χ4n) is 2.36. The summed E-state index contributed by atoms with van der Waals surface area (Å²) >= 11 is 0. The summed E-state index contributed by atoms with van der Waals surface area (Å²) in [7, 11) is -1.97. The van der Waals surface area contributed by atoms with Crippen LogP contribution in [0.5, 0.6) is 0 Å². The van der Waals surface area contributed by atoms with Gasteiger partial charge in [0.2, 0.25) is 15.9 Å². The molecule has 1 rings (SSSR count). The van der Waals surface area contributed by atoms with Gasteiger partial charge in [0.1, 0.15) is 0 Å². The minimum Gasteiger partial charge on any atom is -0.348 e. The molecule has 0 aromatic heterocycles. The van der Waals surface area contributed by atoms with E-state index in [4.69, 9.17) is 0 Å². The lowest BCUT2D eigenvalue weighted by atomic mass is 9.85. The van der Waals surface area contributed by atoms with Crippen molar-refractivity contribution in [3.05, 3.63) is 35.4 Å².